The van der Waals surface area contributed by atoms with Crippen molar-refractivity contribution < 1.29 is 14.6 Å². The van der Waals surface area contributed by atoms with Gasteiger partial charge in [-0.05, 0) is 37.2 Å². The Morgan fingerprint density at radius 3 is 2.67 bits per heavy atom. The Morgan fingerprint density at radius 2 is 2.00 bits per heavy atom. The molecule has 21 heavy (non-hydrogen) atoms. The van der Waals surface area contributed by atoms with E-state index in [0.29, 0.717) is 6.54 Å². The van der Waals surface area contributed by atoms with Crippen LogP contribution in [0.25, 0.3) is 0 Å². The van der Waals surface area contributed by atoms with Gasteiger partial charge in [0.05, 0.1) is 26.4 Å². The Hall–Kier alpha value is -1.14. The van der Waals surface area contributed by atoms with E-state index in [1.807, 2.05) is 24.3 Å². The molecule has 0 radical (unpaired) electrons. The lowest BCUT2D eigenvalue weighted by Gasteiger charge is -2.26. The normalized spacial score (nSPS) is 17.6. The molecule has 1 aliphatic rings. The highest BCUT2D eigenvalue weighted by Crippen LogP contribution is 2.16. The van der Waals surface area contributed by atoms with Gasteiger partial charge < -0.3 is 19.9 Å². The van der Waals surface area contributed by atoms with Crippen molar-refractivity contribution in [2.75, 3.05) is 53.0 Å². The van der Waals surface area contributed by atoms with Gasteiger partial charge in [-0.15, -0.1) is 0 Å². The highest BCUT2D eigenvalue weighted by Gasteiger charge is 2.10. The number of hydrogen-bond donors (Lipinski definition) is 2. The predicted octanol–water partition coefficient (Wildman–Crippen LogP) is 1.04. The smallest absolute Gasteiger partial charge is 0.118 e. The van der Waals surface area contributed by atoms with Crippen molar-refractivity contribution in [2.45, 2.75) is 12.5 Å². The Kier molecular flexibility index (Phi) is 6.95. The van der Waals surface area contributed by atoms with Gasteiger partial charge in [-0.25, -0.2) is 0 Å². The monoisotopic (exact) mass is 294 g/mol. The van der Waals surface area contributed by atoms with Crippen LogP contribution in [-0.4, -0.2) is 63.1 Å². The van der Waals surface area contributed by atoms with E-state index in [-0.39, 0.29) is 0 Å². The predicted molar refractivity (Wildman–Crippen MR) is 82.7 cm³/mol. The minimum Gasteiger partial charge on any atom is -0.497 e. The summed E-state index contributed by atoms with van der Waals surface area (Å²) in [5.74, 6) is 0.810. The second-order valence-corrected chi connectivity index (χ2v) is 5.30. The largest absolute Gasteiger partial charge is 0.497 e. The minimum atomic E-state index is -0.473. The highest BCUT2D eigenvalue weighted by molar-refractivity contribution is 5.28. The maximum Gasteiger partial charge on any atom is 0.118 e. The number of nitrogens with zero attached hydrogens (tertiary/aromatic N) is 1. The standard InChI is InChI=1S/C16H26N2O3/c1-20-15-5-3-14(4-6-15)16(19)13-17-7-2-8-18-9-11-21-12-10-18/h3-6,16-17,19H,2,7-13H2,1H3. The van der Waals surface area contributed by atoms with Gasteiger partial charge in [0.1, 0.15) is 5.75 Å². The molecule has 0 aromatic heterocycles. The molecule has 0 amide bonds. The van der Waals surface area contributed by atoms with Crippen LogP contribution in [0.3, 0.4) is 0 Å². The maximum absolute atomic E-state index is 10.1. The molecule has 2 rings (SSSR count). The first-order chi connectivity index (χ1) is 10.3. The molecular formula is C16H26N2O3. The molecule has 0 saturated carbocycles. The van der Waals surface area contributed by atoms with Crippen LogP contribution < -0.4 is 10.1 Å². The van der Waals surface area contributed by atoms with Crippen LogP contribution in [0.4, 0.5) is 0 Å². The van der Waals surface area contributed by atoms with Crippen LogP contribution in [0.5, 0.6) is 5.75 Å². The van der Waals surface area contributed by atoms with E-state index in [1.54, 1.807) is 7.11 Å². The zero-order valence-corrected chi connectivity index (χ0v) is 12.8. The lowest BCUT2D eigenvalue weighted by Crippen LogP contribution is -2.37. The molecule has 5 nitrogen and oxygen atoms in total. The first-order valence-electron chi connectivity index (χ1n) is 7.62. The van der Waals surface area contributed by atoms with E-state index in [4.69, 9.17) is 9.47 Å². The number of methoxy groups -OCH3 is 1. The van der Waals surface area contributed by atoms with E-state index in [9.17, 15) is 5.11 Å². The summed E-state index contributed by atoms with van der Waals surface area (Å²) in [7, 11) is 1.64. The van der Waals surface area contributed by atoms with Gasteiger partial charge in [0.15, 0.2) is 0 Å². The number of benzene rings is 1. The summed E-state index contributed by atoms with van der Waals surface area (Å²) in [5.41, 5.74) is 0.913. The zero-order valence-electron chi connectivity index (χ0n) is 12.8. The lowest BCUT2D eigenvalue weighted by molar-refractivity contribution is 0.0373. The number of rotatable bonds is 8. The summed E-state index contributed by atoms with van der Waals surface area (Å²) >= 11 is 0. The Morgan fingerprint density at radius 1 is 1.29 bits per heavy atom. The number of morpholine rings is 1. The molecule has 1 saturated heterocycles. The van der Waals surface area contributed by atoms with Gasteiger partial charge in [-0.2, -0.15) is 0 Å². The topological polar surface area (TPSA) is 54.0 Å². The fourth-order valence-electron chi connectivity index (χ4n) is 2.44. The van der Waals surface area contributed by atoms with Crippen LogP contribution in [0, 0.1) is 0 Å². The van der Waals surface area contributed by atoms with E-state index >= 15 is 0 Å². The summed E-state index contributed by atoms with van der Waals surface area (Å²) in [6, 6.07) is 7.55. The maximum atomic E-state index is 10.1. The molecule has 2 N–H and O–H groups in total. The Bertz CT molecular complexity index is 391. The summed E-state index contributed by atoms with van der Waals surface area (Å²) in [5, 5.41) is 13.4. The zero-order chi connectivity index (χ0) is 14.9. The first-order valence-corrected chi connectivity index (χ1v) is 7.62. The first kappa shape index (κ1) is 16.2. The van der Waals surface area contributed by atoms with E-state index in [2.05, 4.69) is 10.2 Å². The van der Waals surface area contributed by atoms with Gasteiger partial charge in [0.25, 0.3) is 0 Å². The SMILES string of the molecule is COc1ccc(C(O)CNCCCN2CCOCC2)cc1. The average molecular weight is 294 g/mol. The summed E-state index contributed by atoms with van der Waals surface area (Å²) in [4.78, 5) is 2.42. The third-order valence-electron chi connectivity index (χ3n) is 3.77. The molecule has 1 unspecified atom stereocenters. The molecule has 1 heterocycles. The van der Waals surface area contributed by atoms with Crippen molar-refractivity contribution in [3.05, 3.63) is 29.8 Å². The quantitative estimate of drug-likeness (QED) is 0.702. The third-order valence-corrected chi connectivity index (χ3v) is 3.77. The van der Waals surface area contributed by atoms with Crippen LogP contribution in [-0.2, 0) is 4.74 Å². The van der Waals surface area contributed by atoms with Gasteiger partial charge in [-0.1, -0.05) is 12.1 Å². The molecule has 1 fully saturated rings. The average Bonchev–Trinajstić information content (AvgIpc) is 2.55. The second kappa shape index (κ2) is 9.00. The molecule has 118 valence electrons. The summed E-state index contributed by atoms with van der Waals surface area (Å²) in [6.07, 6.45) is 0.620. The third kappa shape index (κ3) is 5.63. The van der Waals surface area contributed by atoms with E-state index in [0.717, 1.165) is 57.1 Å². The van der Waals surface area contributed by atoms with Crippen molar-refractivity contribution in [3.63, 3.8) is 0 Å². The highest BCUT2D eigenvalue weighted by atomic mass is 16.5. The van der Waals surface area contributed by atoms with Crippen LogP contribution >= 0.6 is 0 Å². The molecule has 0 aliphatic carbocycles. The number of aliphatic hydroxyl groups excluding tert-OH is 1. The van der Waals surface area contributed by atoms with Crippen LogP contribution in [0.1, 0.15) is 18.1 Å². The van der Waals surface area contributed by atoms with E-state index < -0.39 is 6.10 Å². The molecule has 5 heteroatoms. The molecule has 1 atom stereocenters. The fraction of sp³-hybridized carbons (Fsp3) is 0.625. The second-order valence-electron chi connectivity index (χ2n) is 5.30. The van der Waals surface area contributed by atoms with Crippen molar-refractivity contribution >= 4 is 0 Å². The van der Waals surface area contributed by atoms with Crippen molar-refractivity contribution in [1.82, 2.24) is 10.2 Å². The minimum absolute atomic E-state index is 0.473. The van der Waals surface area contributed by atoms with Crippen LogP contribution in [0.15, 0.2) is 24.3 Å². The molecule has 1 aromatic rings. The number of aliphatic hydroxyl groups is 1. The van der Waals surface area contributed by atoms with Crippen molar-refractivity contribution in [1.29, 1.82) is 0 Å². The summed E-state index contributed by atoms with van der Waals surface area (Å²) < 4.78 is 10.4. The molecular weight excluding hydrogens is 268 g/mol. The molecule has 1 aliphatic heterocycles. The van der Waals surface area contributed by atoms with Gasteiger partial charge in [0, 0.05) is 19.6 Å². The van der Waals surface area contributed by atoms with Gasteiger partial charge in [0.2, 0.25) is 0 Å². The summed E-state index contributed by atoms with van der Waals surface area (Å²) in [6.45, 7) is 6.37. The fourth-order valence-corrected chi connectivity index (χ4v) is 2.44. The number of ether oxygens (including phenoxy) is 2. The van der Waals surface area contributed by atoms with E-state index in [1.165, 1.54) is 0 Å². The van der Waals surface area contributed by atoms with Crippen LogP contribution in [0.2, 0.25) is 0 Å². The van der Waals surface area contributed by atoms with Crippen molar-refractivity contribution in [3.8, 4) is 5.75 Å². The van der Waals surface area contributed by atoms with Gasteiger partial charge >= 0.3 is 0 Å². The number of nitrogens with one attached hydrogen (secondary N) is 1. The van der Waals surface area contributed by atoms with Gasteiger partial charge in [-0.3, -0.25) is 4.90 Å². The molecule has 0 bridgehead atoms. The Balaban J connectivity index is 1.58. The van der Waals surface area contributed by atoms with Crippen molar-refractivity contribution in [2.24, 2.45) is 0 Å². The number of hydrogen-bond acceptors (Lipinski definition) is 5. The molecule has 1 aromatic carbocycles. The lowest BCUT2D eigenvalue weighted by atomic mass is 10.1. The molecule has 0 spiro atoms. The Labute approximate surface area is 126 Å².